The zero-order valence-electron chi connectivity index (χ0n) is 15.6. The van der Waals surface area contributed by atoms with Gasteiger partial charge in [-0.25, -0.2) is 0 Å². The Morgan fingerprint density at radius 3 is 2.64 bits per heavy atom. The van der Waals surface area contributed by atoms with Crippen molar-refractivity contribution in [3.63, 3.8) is 0 Å². The predicted octanol–water partition coefficient (Wildman–Crippen LogP) is 3.23. The Morgan fingerprint density at radius 2 is 2.04 bits per heavy atom. The minimum absolute atomic E-state index is 0. The van der Waals surface area contributed by atoms with Crippen LogP contribution in [0.15, 0.2) is 29.3 Å². The molecule has 0 atom stereocenters. The molecule has 0 aromatic heterocycles. The molecule has 1 aromatic carbocycles. The van der Waals surface area contributed by atoms with Crippen LogP contribution in [0, 0.1) is 5.41 Å². The number of ether oxygens (including phenoxy) is 2. The van der Waals surface area contributed by atoms with Gasteiger partial charge in [-0.15, -0.1) is 24.0 Å². The summed E-state index contributed by atoms with van der Waals surface area (Å²) in [5.41, 5.74) is 1.65. The Labute approximate surface area is 169 Å². The van der Waals surface area contributed by atoms with E-state index in [1.54, 1.807) is 14.2 Å². The molecule has 142 valence electrons. The molecule has 25 heavy (non-hydrogen) atoms. The van der Waals surface area contributed by atoms with Gasteiger partial charge in [0, 0.05) is 33.9 Å². The molecule has 5 nitrogen and oxygen atoms in total. The van der Waals surface area contributed by atoms with Crippen LogP contribution in [0.25, 0.3) is 0 Å². The van der Waals surface area contributed by atoms with Gasteiger partial charge in [0.1, 0.15) is 5.75 Å². The highest BCUT2D eigenvalue weighted by Crippen LogP contribution is 2.43. The second-order valence-electron chi connectivity index (χ2n) is 6.55. The molecule has 0 heterocycles. The predicted molar refractivity (Wildman–Crippen MR) is 114 cm³/mol. The lowest BCUT2D eigenvalue weighted by Crippen LogP contribution is -2.47. The van der Waals surface area contributed by atoms with Crippen LogP contribution < -0.4 is 15.4 Å². The van der Waals surface area contributed by atoms with Crippen LogP contribution in [0.4, 0.5) is 0 Å². The third kappa shape index (κ3) is 7.01. The summed E-state index contributed by atoms with van der Waals surface area (Å²) in [6.45, 7) is 2.65. The van der Waals surface area contributed by atoms with Gasteiger partial charge in [-0.1, -0.05) is 18.6 Å². The minimum atomic E-state index is 0. The molecule has 0 bridgehead atoms. The summed E-state index contributed by atoms with van der Waals surface area (Å²) in [4.78, 5) is 4.33. The van der Waals surface area contributed by atoms with Gasteiger partial charge in [0.05, 0.1) is 7.11 Å². The summed E-state index contributed by atoms with van der Waals surface area (Å²) in [6.07, 6.45) is 5.95. The average molecular weight is 461 g/mol. The Bertz CT molecular complexity index is 533. The van der Waals surface area contributed by atoms with Gasteiger partial charge in [-0.3, -0.25) is 4.99 Å². The van der Waals surface area contributed by atoms with E-state index >= 15 is 0 Å². The van der Waals surface area contributed by atoms with Crippen LogP contribution in [-0.2, 0) is 11.2 Å². The number of rotatable bonds is 9. The molecule has 1 aromatic rings. The molecular weight excluding hydrogens is 429 g/mol. The quantitative estimate of drug-likeness (QED) is 0.337. The van der Waals surface area contributed by atoms with Crippen molar-refractivity contribution in [3.05, 3.63) is 29.8 Å². The number of benzene rings is 1. The van der Waals surface area contributed by atoms with E-state index in [1.165, 1.54) is 24.8 Å². The molecule has 2 rings (SSSR count). The molecule has 2 N–H and O–H groups in total. The third-order valence-corrected chi connectivity index (χ3v) is 4.95. The topological polar surface area (TPSA) is 54.9 Å². The number of methoxy groups -OCH3 is 2. The summed E-state index contributed by atoms with van der Waals surface area (Å²) in [5.74, 6) is 1.78. The van der Waals surface area contributed by atoms with Gasteiger partial charge < -0.3 is 20.1 Å². The minimum Gasteiger partial charge on any atom is -0.497 e. The highest BCUT2D eigenvalue weighted by molar-refractivity contribution is 14.0. The highest BCUT2D eigenvalue weighted by atomic mass is 127. The standard InChI is InChI=1S/C19H31N3O2.HI/c1-20-18(22-15-19(9-5-10-19)11-13-23-2)21-12-8-16-6-4-7-17(14-16)24-3;/h4,6-7,14H,5,8-13,15H2,1-3H3,(H2,20,21,22);1H. The second-order valence-corrected chi connectivity index (χ2v) is 6.55. The van der Waals surface area contributed by atoms with Gasteiger partial charge in [0.2, 0.25) is 0 Å². The van der Waals surface area contributed by atoms with Gasteiger partial charge in [-0.2, -0.15) is 0 Å². The van der Waals surface area contributed by atoms with Crippen molar-refractivity contribution in [1.82, 2.24) is 10.6 Å². The first-order chi connectivity index (χ1) is 11.7. The fourth-order valence-corrected chi connectivity index (χ4v) is 3.16. The lowest BCUT2D eigenvalue weighted by molar-refractivity contribution is 0.0732. The van der Waals surface area contributed by atoms with Crippen molar-refractivity contribution < 1.29 is 9.47 Å². The first-order valence-electron chi connectivity index (χ1n) is 8.78. The molecule has 1 saturated carbocycles. The summed E-state index contributed by atoms with van der Waals surface area (Å²) in [7, 11) is 5.30. The summed E-state index contributed by atoms with van der Waals surface area (Å²) in [5, 5.41) is 6.89. The molecule has 1 aliphatic carbocycles. The number of hydrogen-bond acceptors (Lipinski definition) is 3. The Hall–Kier alpha value is -1.02. The molecule has 0 saturated heterocycles. The van der Waals surface area contributed by atoms with E-state index in [0.29, 0.717) is 5.41 Å². The fraction of sp³-hybridized carbons (Fsp3) is 0.632. The van der Waals surface area contributed by atoms with E-state index in [4.69, 9.17) is 9.47 Å². The summed E-state index contributed by atoms with van der Waals surface area (Å²) >= 11 is 0. The number of nitrogens with zero attached hydrogens (tertiary/aromatic N) is 1. The zero-order chi connectivity index (χ0) is 17.3. The van der Waals surface area contributed by atoms with Gasteiger partial charge in [-0.05, 0) is 48.8 Å². The Morgan fingerprint density at radius 1 is 1.24 bits per heavy atom. The van der Waals surface area contributed by atoms with Crippen LogP contribution in [0.3, 0.4) is 0 Å². The highest BCUT2D eigenvalue weighted by Gasteiger charge is 2.36. The maximum Gasteiger partial charge on any atom is 0.191 e. The second kappa shape index (κ2) is 11.6. The molecule has 0 spiro atoms. The molecule has 1 aliphatic rings. The van der Waals surface area contributed by atoms with Crippen molar-refractivity contribution in [3.8, 4) is 5.75 Å². The first kappa shape index (κ1) is 22.0. The van der Waals surface area contributed by atoms with E-state index < -0.39 is 0 Å². The van der Waals surface area contributed by atoms with Crippen molar-refractivity contribution in [2.75, 3.05) is 41.0 Å². The van der Waals surface area contributed by atoms with Crippen molar-refractivity contribution >= 4 is 29.9 Å². The van der Waals surface area contributed by atoms with Crippen LogP contribution in [-0.4, -0.2) is 46.9 Å². The smallest absolute Gasteiger partial charge is 0.191 e. The third-order valence-electron chi connectivity index (χ3n) is 4.95. The average Bonchev–Trinajstić information content (AvgIpc) is 2.59. The molecule has 6 heteroatoms. The van der Waals surface area contributed by atoms with Gasteiger partial charge in [0.25, 0.3) is 0 Å². The Balaban J connectivity index is 0.00000312. The number of aliphatic imine (C=N–C) groups is 1. The lowest BCUT2D eigenvalue weighted by Gasteiger charge is -2.42. The monoisotopic (exact) mass is 461 g/mol. The van der Waals surface area contributed by atoms with Gasteiger partial charge in [0.15, 0.2) is 5.96 Å². The van der Waals surface area contributed by atoms with E-state index in [1.807, 2.05) is 19.2 Å². The summed E-state index contributed by atoms with van der Waals surface area (Å²) in [6, 6.07) is 8.19. The lowest BCUT2D eigenvalue weighted by atomic mass is 9.67. The number of halogens is 1. The molecule has 1 fully saturated rings. The molecule has 0 aliphatic heterocycles. The largest absolute Gasteiger partial charge is 0.497 e. The first-order valence-corrected chi connectivity index (χ1v) is 8.78. The maximum atomic E-state index is 5.26. The molecule has 0 amide bonds. The number of nitrogens with one attached hydrogen (secondary N) is 2. The van der Waals surface area contributed by atoms with E-state index in [2.05, 4.69) is 27.8 Å². The SMILES string of the molecule is CN=C(NCCc1cccc(OC)c1)NCC1(CCOC)CCC1.I. The Kier molecular flexibility index (Phi) is 10.2. The van der Waals surface area contributed by atoms with Crippen LogP contribution in [0.1, 0.15) is 31.2 Å². The van der Waals surface area contributed by atoms with Crippen molar-refractivity contribution in [1.29, 1.82) is 0 Å². The molecule has 0 radical (unpaired) electrons. The zero-order valence-corrected chi connectivity index (χ0v) is 18.0. The van der Waals surface area contributed by atoms with Crippen LogP contribution >= 0.6 is 24.0 Å². The van der Waals surface area contributed by atoms with Crippen molar-refractivity contribution in [2.24, 2.45) is 10.4 Å². The van der Waals surface area contributed by atoms with E-state index in [0.717, 1.165) is 44.2 Å². The number of hydrogen-bond donors (Lipinski definition) is 2. The normalized spacial score (nSPS) is 15.7. The van der Waals surface area contributed by atoms with Gasteiger partial charge >= 0.3 is 0 Å². The van der Waals surface area contributed by atoms with Crippen molar-refractivity contribution in [2.45, 2.75) is 32.1 Å². The summed E-state index contributed by atoms with van der Waals surface area (Å²) < 4.78 is 10.5. The fourth-order valence-electron chi connectivity index (χ4n) is 3.16. The molecular formula is C19H32IN3O2. The maximum absolute atomic E-state index is 5.26. The molecule has 0 unspecified atom stereocenters. The van der Waals surface area contributed by atoms with Crippen LogP contribution in [0.2, 0.25) is 0 Å². The van der Waals surface area contributed by atoms with Crippen LogP contribution in [0.5, 0.6) is 5.75 Å². The van der Waals surface area contributed by atoms with E-state index in [9.17, 15) is 0 Å². The van der Waals surface area contributed by atoms with E-state index in [-0.39, 0.29) is 24.0 Å². The number of guanidine groups is 1.